The van der Waals surface area contributed by atoms with E-state index in [4.69, 9.17) is 9.47 Å². The van der Waals surface area contributed by atoms with Crippen molar-refractivity contribution in [1.29, 1.82) is 0 Å². The molecule has 1 fully saturated rings. The molecule has 0 N–H and O–H groups in total. The molecular weight excluding hydrogens is 430 g/mol. The Morgan fingerprint density at radius 1 is 1.12 bits per heavy atom. The third kappa shape index (κ3) is 5.12. The molecule has 0 spiro atoms. The van der Waals surface area contributed by atoms with Gasteiger partial charge in [-0.1, -0.05) is 52.0 Å². The number of nitrogens with zero attached hydrogens (tertiary/aromatic N) is 5. The second-order valence-corrected chi connectivity index (χ2v) is 9.54. The van der Waals surface area contributed by atoms with Crippen molar-refractivity contribution in [3.8, 4) is 17.1 Å². The predicted molar refractivity (Wildman–Crippen MR) is 132 cm³/mol. The quantitative estimate of drug-likeness (QED) is 0.491. The fourth-order valence-corrected chi connectivity index (χ4v) is 4.12. The molecular formula is C26H33N5O3. The number of benzene rings is 2. The number of aromatic nitrogens is 4. The number of hydrogen-bond acceptors (Lipinski definition) is 7. The Balaban J connectivity index is 1.63. The predicted octanol–water partition coefficient (Wildman–Crippen LogP) is 3.93. The number of Topliss-reactive ketones (excluding diaryl/α,β-unsaturated/α-hetero) is 1. The van der Waals surface area contributed by atoms with E-state index in [1.807, 2.05) is 24.3 Å². The van der Waals surface area contributed by atoms with Gasteiger partial charge in [0.15, 0.2) is 5.78 Å². The summed E-state index contributed by atoms with van der Waals surface area (Å²) in [7, 11) is 1.68. The highest BCUT2D eigenvalue weighted by Gasteiger charge is 2.27. The minimum Gasteiger partial charge on any atom is -0.494 e. The summed E-state index contributed by atoms with van der Waals surface area (Å²) in [6.45, 7) is 11.3. The summed E-state index contributed by atoms with van der Waals surface area (Å²) in [5, 5.41) is 12.7. The van der Waals surface area contributed by atoms with Crippen molar-refractivity contribution in [2.75, 3.05) is 38.3 Å². The lowest BCUT2D eigenvalue weighted by molar-refractivity contribution is 0.0961. The van der Waals surface area contributed by atoms with Crippen molar-refractivity contribution in [1.82, 2.24) is 20.2 Å². The number of methoxy groups -OCH3 is 1. The molecule has 1 aliphatic heterocycles. The molecule has 4 rings (SSSR count). The molecule has 8 heteroatoms. The number of carbonyl (C=O) groups is 1. The van der Waals surface area contributed by atoms with E-state index >= 15 is 0 Å². The zero-order valence-corrected chi connectivity index (χ0v) is 20.7. The first-order valence-corrected chi connectivity index (χ1v) is 11.8. The molecule has 1 aromatic heterocycles. The zero-order chi connectivity index (χ0) is 24.3. The van der Waals surface area contributed by atoms with Gasteiger partial charge >= 0.3 is 0 Å². The summed E-state index contributed by atoms with van der Waals surface area (Å²) >= 11 is 0. The number of morpholine rings is 1. The maximum Gasteiger partial charge on any atom is 0.204 e. The molecule has 34 heavy (non-hydrogen) atoms. The standard InChI is InChI=1S/C26H33N5O3/c1-6-18-7-9-19(10-8-18)25-27-29-31(28-25)17-23(32)20-15-21(26(2,3)4)24(33-5)22(16-20)30-11-13-34-14-12-30/h7-10,15-16H,6,11-14,17H2,1-5H3. The number of aryl methyl sites for hydroxylation is 1. The van der Waals surface area contributed by atoms with Gasteiger partial charge in [-0.25, -0.2) is 0 Å². The van der Waals surface area contributed by atoms with Crippen LogP contribution in [0.2, 0.25) is 0 Å². The van der Waals surface area contributed by atoms with Crippen molar-refractivity contribution in [2.45, 2.75) is 46.1 Å². The van der Waals surface area contributed by atoms with Gasteiger partial charge in [0.25, 0.3) is 0 Å². The molecule has 0 atom stereocenters. The number of ketones is 1. The van der Waals surface area contributed by atoms with Gasteiger partial charge < -0.3 is 14.4 Å². The molecule has 2 aromatic carbocycles. The van der Waals surface area contributed by atoms with E-state index in [0.29, 0.717) is 24.6 Å². The van der Waals surface area contributed by atoms with Crippen molar-refractivity contribution in [2.24, 2.45) is 0 Å². The summed E-state index contributed by atoms with van der Waals surface area (Å²) in [5.74, 6) is 1.24. The Kier molecular flexibility index (Phi) is 6.97. The Morgan fingerprint density at radius 3 is 2.44 bits per heavy atom. The highest BCUT2D eigenvalue weighted by Crippen LogP contribution is 2.40. The first kappa shape index (κ1) is 23.9. The van der Waals surface area contributed by atoms with Crippen molar-refractivity contribution in [3.63, 3.8) is 0 Å². The van der Waals surface area contributed by atoms with E-state index in [1.165, 1.54) is 10.4 Å². The van der Waals surface area contributed by atoms with Gasteiger partial charge in [-0.2, -0.15) is 4.80 Å². The summed E-state index contributed by atoms with van der Waals surface area (Å²) in [5.41, 5.74) is 4.45. The Morgan fingerprint density at radius 2 is 1.82 bits per heavy atom. The number of ether oxygens (including phenoxy) is 2. The van der Waals surface area contributed by atoms with Crippen LogP contribution in [0.25, 0.3) is 11.4 Å². The largest absolute Gasteiger partial charge is 0.494 e. The summed E-state index contributed by atoms with van der Waals surface area (Å²) in [6.07, 6.45) is 0.972. The normalized spacial score (nSPS) is 14.3. The minimum absolute atomic E-state index is 0.0124. The molecule has 180 valence electrons. The number of carbonyl (C=O) groups excluding carboxylic acids is 1. The number of rotatable bonds is 7. The maximum absolute atomic E-state index is 13.3. The molecule has 0 aliphatic carbocycles. The molecule has 8 nitrogen and oxygen atoms in total. The van der Waals surface area contributed by atoms with Crippen LogP contribution in [0.15, 0.2) is 36.4 Å². The highest BCUT2D eigenvalue weighted by molar-refractivity contribution is 5.97. The smallest absolute Gasteiger partial charge is 0.204 e. The number of anilines is 1. The van der Waals surface area contributed by atoms with Gasteiger partial charge in [0.05, 0.1) is 26.0 Å². The van der Waals surface area contributed by atoms with Gasteiger partial charge in [0, 0.05) is 29.8 Å². The molecule has 0 radical (unpaired) electrons. The lowest BCUT2D eigenvalue weighted by Crippen LogP contribution is -2.37. The Labute approximate surface area is 200 Å². The van der Waals surface area contributed by atoms with Crippen molar-refractivity contribution in [3.05, 3.63) is 53.1 Å². The van der Waals surface area contributed by atoms with Gasteiger partial charge in [0.2, 0.25) is 5.82 Å². The fourth-order valence-electron chi connectivity index (χ4n) is 4.12. The third-order valence-corrected chi connectivity index (χ3v) is 6.11. The lowest BCUT2D eigenvalue weighted by Gasteiger charge is -2.33. The van der Waals surface area contributed by atoms with Gasteiger partial charge in [0.1, 0.15) is 12.3 Å². The van der Waals surface area contributed by atoms with E-state index in [0.717, 1.165) is 42.1 Å². The topological polar surface area (TPSA) is 82.4 Å². The lowest BCUT2D eigenvalue weighted by atomic mass is 9.84. The first-order chi connectivity index (χ1) is 16.3. The molecule has 1 saturated heterocycles. The highest BCUT2D eigenvalue weighted by atomic mass is 16.5. The third-order valence-electron chi connectivity index (χ3n) is 6.11. The monoisotopic (exact) mass is 463 g/mol. The van der Waals surface area contributed by atoms with Crippen LogP contribution in [0, 0.1) is 0 Å². The summed E-state index contributed by atoms with van der Waals surface area (Å²) < 4.78 is 11.4. The number of tetrazole rings is 1. The Hall–Kier alpha value is -3.26. The molecule has 2 heterocycles. The van der Waals surface area contributed by atoms with E-state index in [-0.39, 0.29) is 17.7 Å². The average Bonchev–Trinajstić information content (AvgIpc) is 3.31. The molecule has 0 amide bonds. The molecule has 0 unspecified atom stereocenters. The van der Waals surface area contributed by atoms with E-state index in [1.54, 1.807) is 7.11 Å². The van der Waals surface area contributed by atoms with Crippen molar-refractivity contribution < 1.29 is 14.3 Å². The van der Waals surface area contributed by atoms with Gasteiger partial charge in [-0.3, -0.25) is 4.79 Å². The average molecular weight is 464 g/mol. The van der Waals surface area contributed by atoms with Crippen LogP contribution in [0.1, 0.15) is 49.2 Å². The SMILES string of the molecule is CCc1ccc(-c2nnn(CC(=O)c3cc(N4CCOCC4)c(OC)c(C(C)(C)C)c3)n2)cc1. The molecule has 0 bridgehead atoms. The van der Waals surface area contributed by atoms with E-state index in [2.05, 4.69) is 60.1 Å². The van der Waals surface area contributed by atoms with Crippen LogP contribution in [-0.2, 0) is 23.1 Å². The summed E-state index contributed by atoms with van der Waals surface area (Å²) in [4.78, 5) is 16.9. The van der Waals surface area contributed by atoms with Crippen LogP contribution in [-0.4, -0.2) is 59.4 Å². The second kappa shape index (κ2) is 9.93. The Bertz CT molecular complexity index is 1140. The molecule has 0 saturated carbocycles. The zero-order valence-electron chi connectivity index (χ0n) is 20.7. The molecule has 1 aliphatic rings. The van der Waals surface area contributed by atoms with E-state index < -0.39 is 0 Å². The summed E-state index contributed by atoms with van der Waals surface area (Å²) in [6, 6.07) is 11.9. The molecule has 3 aromatic rings. The van der Waals surface area contributed by atoms with Crippen LogP contribution in [0.4, 0.5) is 5.69 Å². The second-order valence-electron chi connectivity index (χ2n) is 9.54. The van der Waals surface area contributed by atoms with Gasteiger partial charge in [-0.15, -0.1) is 10.2 Å². The van der Waals surface area contributed by atoms with Crippen LogP contribution >= 0.6 is 0 Å². The maximum atomic E-state index is 13.3. The first-order valence-electron chi connectivity index (χ1n) is 11.8. The van der Waals surface area contributed by atoms with Crippen LogP contribution in [0.5, 0.6) is 5.75 Å². The minimum atomic E-state index is -0.202. The van der Waals surface area contributed by atoms with Gasteiger partial charge in [-0.05, 0) is 34.7 Å². The van der Waals surface area contributed by atoms with Crippen molar-refractivity contribution >= 4 is 11.5 Å². The van der Waals surface area contributed by atoms with Crippen LogP contribution in [0.3, 0.4) is 0 Å². The number of hydrogen-bond donors (Lipinski definition) is 0. The van der Waals surface area contributed by atoms with Crippen LogP contribution < -0.4 is 9.64 Å². The fraction of sp³-hybridized carbons (Fsp3) is 0.462. The van der Waals surface area contributed by atoms with E-state index in [9.17, 15) is 4.79 Å².